The summed E-state index contributed by atoms with van der Waals surface area (Å²) in [6, 6.07) is 0.535. The highest BCUT2D eigenvalue weighted by molar-refractivity contribution is 5.11. The molecule has 0 aromatic carbocycles. The minimum atomic E-state index is -0.328. The summed E-state index contributed by atoms with van der Waals surface area (Å²) in [5.74, 6) is 1.58. The number of hydrogen-bond donors (Lipinski definition) is 2. The van der Waals surface area contributed by atoms with Gasteiger partial charge in [0.2, 0.25) is 0 Å². The van der Waals surface area contributed by atoms with Crippen molar-refractivity contribution >= 4 is 0 Å². The zero-order valence-corrected chi connectivity index (χ0v) is 16.1. The van der Waals surface area contributed by atoms with Gasteiger partial charge in [-0.2, -0.15) is 0 Å². The average molecular weight is 335 g/mol. The van der Waals surface area contributed by atoms with Crippen LogP contribution in [0.2, 0.25) is 0 Å². The normalized spacial score (nSPS) is 43.5. The molecule has 1 heterocycles. The summed E-state index contributed by atoms with van der Waals surface area (Å²) >= 11 is 0. The van der Waals surface area contributed by atoms with Crippen molar-refractivity contribution in [1.82, 2.24) is 10.2 Å². The number of hydrogen-bond acceptors (Lipinski definition) is 3. The molecule has 0 radical (unpaired) electrons. The van der Waals surface area contributed by atoms with Crippen molar-refractivity contribution in [2.75, 3.05) is 26.2 Å². The molecule has 3 nitrogen and oxygen atoms in total. The molecule has 4 aliphatic carbocycles. The number of rotatable bonds is 6. The molecule has 5 fully saturated rings. The van der Waals surface area contributed by atoms with E-state index in [9.17, 15) is 5.11 Å². The van der Waals surface area contributed by atoms with Crippen molar-refractivity contribution in [2.24, 2.45) is 22.7 Å². The van der Waals surface area contributed by atoms with Gasteiger partial charge < -0.3 is 15.3 Å². The van der Waals surface area contributed by atoms with E-state index < -0.39 is 0 Å². The molecule has 0 spiro atoms. The van der Waals surface area contributed by atoms with Gasteiger partial charge in [-0.15, -0.1) is 0 Å². The maximum absolute atomic E-state index is 11.0. The maximum atomic E-state index is 11.0. The maximum Gasteiger partial charge on any atom is 0.0659 e. The molecule has 5 aliphatic rings. The molecule has 3 atom stereocenters. The van der Waals surface area contributed by atoms with Gasteiger partial charge in [-0.05, 0) is 94.0 Å². The Morgan fingerprint density at radius 1 is 1.12 bits per heavy atom. The largest absolute Gasteiger partial charge is 0.390 e. The summed E-state index contributed by atoms with van der Waals surface area (Å²) in [5, 5.41) is 14.9. The molecular formula is C21H38N2O. The summed E-state index contributed by atoms with van der Waals surface area (Å²) in [6.07, 6.45) is 10.1. The smallest absolute Gasteiger partial charge is 0.0659 e. The first-order chi connectivity index (χ1) is 11.3. The lowest BCUT2D eigenvalue weighted by Gasteiger charge is -2.62. The molecule has 1 saturated heterocycles. The van der Waals surface area contributed by atoms with Crippen molar-refractivity contribution in [3.8, 4) is 0 Å². The molecule has 4 bridgehead atoms. The highest BCUT2D eigenvalue weighted by Crippen LogP contribution is 2.62. The third-order valence-electron chi connectivity index (χ3n) is 7.73. The lowest BCUT2D eigenvalue weighted by Crippen LogP contribution is -2.61. The molecule has 24 heavy (non-hydrogen) atoms. The first kappa shape index (κ1) is 17.3. The number of nitrogens with one attached hydrogen (secondary N) is 1. The monoisotopic (exact) mass is 334 g/mol. The van der Waals surface area contributed by atoms with E-state index in [4.69, 9.17) is 0 Å². The van der Waals surface area contributed by atoms with Crippen molar-refractivity contribution in [3.05, 3.63) is 0 Å². The van der Waals surface area contributed by atoms with Crippen LogP contribution in [0.3, 0.4) is 0 Å². The fraction of sp³-hybridized carbons (Fsp3) is 1.00. The number of aliphatic hydroxyl groups is 1. The lowest BCUT2D eigenvalue weighted by atomic mass is 9.46. The van der Waals surface area contributed by atoms with E-state index in [2.05, 4.69) is 31.0 Å². The van der Waals surface area contributed by atoms with Crippen LogP contribution >= 0.6 is 0 Å². The van der Waals surface area contributed by atoms with Gasteiger partial charge in [0.15, 0.2) is 0 Å². The van der Waals surface area contributed by atoms with E-state index in [1.807, 2.05) is 0 Å². The average Bonchev–Trinajstić information content (AvgIpc) is 2.94. The summed E-state index contributed by atoms with van der Waals surface area (Å²) in [4.78, 5) is 2.64. The van der Waals surface area contributed by atoms with Crippen LogP contribution in [0.5, 0.6) is 0 Å². The third kappa shape index (κ3) is 3.29. The molecule has 4 saturated carbocycles. The second-order valence-electron chi connectivity index (χ2n) is 10.8. The van der Waals surface area contributed by atoms with Gasteiger partial charge in [-0.1, -0.05) is 13.8 Å². The molecule has 3 heteroatoms. The van der Waals surface area contributed by atoms with E-state index in [-0.39, 0.29) is 5.60 Å². The van der Waals surface area contributed by atoms with Gasteiger partial charge in [0.05, 0.1) is 5.60 Å². The topological polar surface area (TPSA) is 35.5 Å². The van der Waals surface area contributed by atoms with Gasteiger partial charge >= 0.3 is 0 Å². The van der Waals surface area contributed by atoms with E-state index >= 15 is 0 Å². The molecule has 0 amide bonds. The second kappa shape index (κ2) is 5.96. The third-order valence-corrected chi connectivity index (χ3v) is 7.73. The van der Waals surface area contributed by atoms with E-state index in [0.29, 0.717) is 16.9 Å². The van der Waals surface area contributed by atoms with Gasteiger partial charge in [0.1, 0.15) is 0 Å². The van der Waals surface area contributed by atoms with Gasteiger partial charge in [0, 0.05) is 19.1 Å². The van der Waals surface area contributed by atoms with Crippen LogP contribution in [0.25, 0.3) is 0 Å². The molecule has 2 N–H and O–H groups in total. The summed E-state index contributed by atoms with van der Waals surface area (Å²) in [7, 11) is 0. The van der Waals surface area contributed by atoms with Crippen LogP contribution in [0.1, 0.15) is 72.1 Å². The minimum Gasteiger partial charge on any atom is -0.390 e. The van der Waals surface area contributed by atoms with Crippen molar-refractivity contribution < 1.29 is 5.11 Å². The fourth-order valence-electron chi connectivity index (χ4n) is 7.04. The van der Waals surface area contributed by atoms with Gasteiger partial charge in [-0.3, -0.25) is 0 Å². The Kier molecular flexibility index (Phi) is 4.29. The van der Waals surface area contributed by atoms with E-state index in [1.54, 1.807) is 0 Å². The van der Waals surface area contributed by atoms with Crippen molar-refractivity contribution in [1.29, 1.82) is 0 Å². The predicted molar refractivity (Wildman–Crippen MR) is 99.0 cm³/mol. The van der Waals surface area contributed by atoms with E-state index in [1.165, 1.54) is 51.7 Å². The standard InChI is InChI=1S/C21H38N2O/c1-16(22-14-19(2,3)15-23-6-4-5-7-23)20-9-17-8-18(10-20)12-21(24,11-17)13-20/h16-18,22,24H,4-15H2,1-3H3. The first-order valence-electron chi connectivity index (χ1n) is 10.5. The molecule has 138 valence electrons. The van der Waals surface area contributed by atoms with Gasteiger partial charge in [0.25, 0.3) is 0 Å². The Morgan fingerprint density at radius 3 is 2.33 bits per heavy atom. The molecule has 5 rings (SSSR count). The van der Waals surface area contributed by atoms with Crippen LogP contribution < -0.4 is 5.32 Å². The SMILES string of the molecule is CC(NCC(C)(C)CN1CCCC1)C12CC3CC(CC(O)(C3)C1)C2. The Bertz CT molecular complexity index is 454. The van der Waals surface area contributed by atoms with Crippen molar-refractivity contribution in [3.63, 3.8) is 0 Å². The zero-order valence-electron chi connectivity index (χ0n) is 16.1. The fourth-order valence-corrected chi connectivity index (χ4v) is 7.04. The molecule has 1 aliphatic heterocycles. The minimum absolute atomic E-state index is 0.328. The predicted octanol–water partition coefficient (Wildman–Crippen LogP) is 3.42. The van der Waals surface area contributed by atoms with Gasteiger partial charge in [-0.25, -0.2) is 0 Å². The molecule has 0 aromatic heterocycles. The Morgan fingerprint density at radius 2 is 1.75 bits per heavy atom. The highest BCUT2D eigenvalue weighted by atomic mass is 16.3. The van der Waals surface area contributed by atoms with Crippen molar-refractivity contribution in [2.45, 2.75) is 83.8 Å². The van der Waals surface area contributed by atoms with Crippen LogP contribution in [0.4, 0.5) is 0 Å². The molecule has 0 aromatic rings. The Labute approximate surface area is 148 Å². The van der Waals surface area contributed by atoms with Crippen LogP contribution in [0, 0.1) is 22.7 Å². The van der Waals surface area contributed by atoms with Crippen LogP contribution in [-0.2, 0) is 0 Å². The molecular weight excluding hydrogens is 296 g/mol. The second-order valence-corrected chi connectivity index (χ2v) is 10.8. The van der Waals surface area contributed by atoms with E-state index in [0.717, 1.165) is 37.6 Å². The van der Waals surface area contributed by atoms with Crippen LogP contribution in [-0.4, -0.2) is 47.8 Å². The summed E-state index contributed by atoms with van der Waals surface area (Å²) in [6.45, 7) is 12.1. The lowest BCUT2D eigenvalue weighted by molar-refractivity contribution is -0.172. The zero-order chi connectivity index (χ0) is 17.0. The Hall–Kier alpha value is -0.120. The number of nitrogens with zero attached hydrogens (tertiary/aromatic N) is 1. The summed E-state index contributed by atoms with van der Waals surface area (Å²) < 4.78 is 0. The number of likely N-dealkylation sites (tertiary alicyclic amines) is 1. The Balaban J connectivity index is 1.36. The first-order valence-corrected chi connectivity index (χ1v) is 10.5. The molecule has 3 unspecified atom stereocenters. The summed E-state index contributed by atoms with van der Waals surface area (Å²) in [5.41, 5.74) is 0.367. The highest BCUT2D eigenvalue weighted by Gasteiger charge is 2.58. The quantitative estimate of drug-likeness (QED) is 0.781. The van der Waals surface area contributed by atoms with Crippen LogP contribution in [0.15, 0.2) is 0 Å².